The first kappa shape index (κ1) is 14.2. The van der Waals surface area contributed by atoms with Crippen molar-refractivity contribution in [1.82, 2.24) is 15.0 Å². The fourth-order valence-corrected chi connectivity index (χ4v) is 2.27. The molecule has 2 rings (SSSR count). The van der Waals surface area contributed by atoms with E-state index < -0.39 is 0 Å². The SMILES string of the molecule is Cc1cc(C)cc(CCC(C)Nc2ncnc(N)n2)c1. The van der Waals surface area contributed by atoms with E-state index in [-0.39, 0.29) is 12.0 Å². The maximum atomic E-state index is 5.53. The van der Waals surface area contributed by atoms with E-state index in [0.29, 0.717) is 5.95 Å². The third-order valence-corrected chi connectivity index (χ3v) is 3.11. The molecule has 1 atom stereocenters. The average Bonchev–Trinajstić information content (AvgIpc) is 2.35. The van der Waals surface area contributed by atoms with E-state index in [0.717, 1.165) is 12.8 Å². The van der Waals surface area contributed by atoms with Crippen LogP contribution >= 0.6 is 0 Å². The highest BCUT2D eigenvalue weighted by atomic mass is 15.2. The van der Waals surface area contributed by atoms with E-state index in [1.54, 1.807) is 0 Å². The van der Waals surface area contributed by atoms with Crippen LogP contribution in [0.2, 0.25) is 0 Å². The first-order chi connectivity index (χ1) is 9.52. The molecule has 1 aromatic carbocycles. The van der Waals surface area contributed by atoms with Gasteiger partial charge >= 0.3 is 0 Å². The molecule has 0 amide bonds. The van der Waals surface area contributed by atoms with Gasteiger partial charge in [0.1, 0.15) is 6.33 Å². The van der Waals surface area contributed by atoms with Gasteiger partial charge in [-0.1, -0.05) is 29.3 Å². The van der Waals surface area contributed by atoms with Gasteiger partial charge in [0.25, 0.3) is 0 Å². The molecule has 0 aliphatic rings. The highest BCUT2D eigenvalue weighted by Gasteiger charge is 2.06. The molecule has 0 fully saturated rings. The van der Waals surface area contributed by atoms with Crippen LogP contribution in [-0.2, 0) is 6.42 Å². The molecule has 1 unspecified atom stereocenters. The maximum Gasteiger partial charge on any atom is 0.227 e. The zero-order valence-electron chi connectivity index (χ0n) is 12.2. The molecular formula is C15H21N5. The molecule has 20 heavy (non-hydrogen) atoms. The maximum absolute atomic E-state index is 5.53. The number of nitrogens with zero attached hydrogens (tertiary/aromatic N) is 3. The standard InChI is InChI=1S/C15H21N5/c1-10-6-11(2)8-13(7-10)5-4-12(3)19-15-18-9-17-14(16)20-15/h6-9,12H,4-5H2,1-3H3,(H3,16,17,18,19,20). The van der Waals surface area contributed by atoms with E-state index in [2.05, 4.69) is 59.2 Å². The lowest BCUT2D eigenvalue weighted by Crippen LogP contribution is -2.18. The van der Waals surface area contributed by atoms with Gasteiger partial charge in [0, 0.05) is 6.04 Å². The fraction of sp³-hybridized carbons (Fsp3) is 0.400. The van der Waals surface area contributed by atoms with Crippen LogP contribution in [-0.4, -0.2) is 21.0 Å². The van der Waals surface area contributed by atoms with Crippen molar-refractivity contribution in [2.24, 2.45) is 0 Å². The average molecular weight is 271 g/mol. The lowest BCUT2D eigenvalue weighted by molar-refractivity contribution is 0.697. The van der Waals surface area contributed by atoms with Crippen LogP contribution < -0.4 is 11.1 Å². The first-order valence-electron chi connectivity index (χ1n) is 6.81. The fourth-order valence-electron chi connectivity index (χ4n) is 2.27. The Morgan fingerprint density at radius 1 is 1.15 bits per heavy atom. The predicted molar refractivity (Wildman–Crippen MR) is 81.6 cm³/mol. The summed E-state index contributed by atoms with van der Waals surface area (Å²) in [4.78, 5) is 11.9. The predicted octanol–water partition coefficient (Wildman–Crippen LogP) is 2.50. The number of benzene rings is 1. The molecule has 0 saturated carbocycles. The normalized spacial score (nSPS) is 12.2. The van der Waals surface area contributed by atoms with Gasteiger partial charge in [0.05, 0.1) is 0 Å². The topological polar surface area (TPSA) is 76.7 Å². The molecule has 0 radical (unpaired) electrons. The Kier molecular flexibility index (Phi) is 4.50. The van der Waals surface area contributed by atoms with Crippen LogP contribution in [0, 0.1) is 13.8 Å². The van der Waals surface area contributed by atoms with Crippen molar-refractivity contribution in [2.75, 3.05) is 11.1 Å². The van der Waals surface area contributed by atoms with E-state index in [9.17, 15) is 0 Å². The second-order valence-corrected chi connectivity index (χ2v) is 5.25. The van der Waals surface area contributed by atoms with Gasteiger partial charge in [-0.05, 0) is 39.2 Å². The highest BCUT2D eigenvalue weighted by molar-refractivity contribution is 5.31. The largest absolute Gasteiger partial charge is 0.368 e. The molecule has 0 aliphatic heterocycles. The number of aromatic nitrogens is 3. The molecule has 1 aromatic heterocycles. The Morgan fingerprint density at radius 2 is 1.85 bits per heavy atom. The van der Waals surface area contributed by atoms with Gasteiger partial charge in [-0.3, -0.25) is 0 Å². The third-order valence-electron chi connectivity index (χ3n) is 3.11. The van der Waals surface area contributed by atoms with Crippen molar-refractivity contribution in [1.29, 1.82) is 0 Å². The molecule has 0 spiro atoms. The summed E-state index contributed by atoms with van der Waals surface area (Å²) >= 11 is 0. The molecule has 5 heteroatoms. The summed E-state index contributed by atoms with van der Waals surface area (Å²) in [6, 6.07) is 6.94. The monoisotopic (exact) mass is 271 g/mol. The number of nitrogen functional groups attached to an aromatic ring is 1. The van der Waals surface area contributed by atoms with Gasteiger partial charge < -0.3 is 11.1 Å². The van der Waals surface area contributed by atoms with Crippen LogP contribution in [0.4, 0.5) is 11.9 Å². The molecule has 0 bridgehead atoms. The molecule has 106 valence electrons. The van der Waals surface area contributed by atoms with Crippen LogP contribution in [0.3, 0.4) is 0 Å². The number of anilines is 2. The Balaban J connectivity index is 1.90. The Hall–Kier alpha value is -2.17. The van der Waals surface area contributed by atoms with Crippen LogP contribution in [0.25, 0.3) is 0 Å². The quantitative estimate of drug-likeness (QED) is 0.873. The molecular weight excluding hydrogens is 250 g/mol. The zero-order valence-corrected chi connectivity index (χ0v) is 12.2. The number of rotatable bonds is 5. The van der Waals surface area contributed by atoms with Crippen molar-refractivity contribution in [3.8, 4) is 0 Å². The molecule has 0 aliphatic carbocycles. The number of nitrogens with two attached hydrogens (primary N) is 1. The zero-order chi connectivity index (χ0) is 14.5. The van der Waals surface area contributed by atoms with Crippen LogP contribution in [0.1, 0.15) is 30.0 Å². The minimum atomic E-state index is 0.240. The summed E-state index contributed by atoms with van der Waals surface area (Å²) in [5.41, 5.74) is 9.52. The Labute approximate surface area is 119 Å². The highest BCUT2D eigenvalue weighted by Crippen LogP contribution is 2.13. The summed E-state index contributed by atoms with van der Waals surface area (Å²) in [5.74, 6) is 0.773. The van der Waals surface area contributed by atoms with E-state index in [4.69, 9.17) is 5.73 Å². The van der Waals surface area contributed by atoms with Gasteiger partial charge in [0.2, 0.25) is 11.9 Å². The summed E-state index contributed by atoms with van der Waals surface area (Å²) in [7, 11) is 0. The van der Waals surface area contributed by atoms with E-state index in [1.807, 2.05) is 0 Å². The number of nitrogens with one attached hydrogen (secondary N) is 1. The second kappa shape index (κ2) is 6.32. The smallest absolute Gasteiger partial charge is 0.227 e. The Morgan fingerprint density at radius 3 is 2.50 bits per heavy atom. The lowest BCUT2D eigenvalue weighted by Gasteiger charge is -2.14. The molecule has 5 nitrogen and oxygen atoms in total. The number of hydrogen-bond donors (Lipinski definition) is 2. The molecule has 1 heterocycles. The minimum absolute atomic E-state index is 0.240. The van der Waals surface area contributed by atoms with Crippen molar-refractivity contribution >= 4 is 11.9 Å². The minimum Gasteiger partial charge on any atom is -0.368 e. The first-order valence-corrected chi connectivity index (χ1v) is 6.81. The van der Waals surface area contributed by atoms with Gasteiger partial charge in [0.15, 0.2) is 0 Å². The van der Waals surface area contributed by atoms with Crippen molar-refractivity contribution < 1.29 is 0 Å². The van der Waals surface area contributed by atoms with Crippen LogP contribution in [0.5, 0.6) is 0 Å². The summed E-state index contributed by atoms with van der Waals surface area (Å²) in [6.45, 7) is 6.38. The van der Waals surface area contributed by atoms with Crippen molar-refractivity contribution in [3.05, 3.63) is 41.2 Å². The van der Waals surface area contributed by atoms with Gasteiger partial charge in [-0.2, -0.15) is 4.98 Å². The lowest BCUT2D eigenvalue weighted by atomic mass is 10.0. The van der Waals surface area contributed by atoms with E-state index >= 15 is 0 Å². The summed E-state index contributed by atoms with van der Waals surface area (Å²) in [6.07, 6.45) is 3.45. The number of aryl methyl sites for hydroxylation is 3. The molecule has 2 aromatic rings. The number of hydrogen-bond acceptors (Lipinski definition) is 5. The van der Waals surface area contributed by atoms with Crippen LogP contribution in [0.15, 0.2) is 24.5 Å². The van der Waals surface area contributed by atoms with Crippen molar-refractivity contribution in [2.45, 2.75) is 39.7 Å². The molecule has 0 saturated heterocycles. The van der Waals surface area contributed by atoms with E-state index in [1.165, 1.54) is 23.0 Å². The Bertz CT molecular complexity index is 562. The third kappa shape index (κ3) is 4.19. The van der Waals surface area contributed by atoms with Gasteiger partial charge in [-0.25, -0.2) is 9.97 Å². The summed E-state index contributed by atoms with van der Waals surface area (Å²) < 4.78 is 0. The van der Waals surface area contributed by atoms with Gasteiger partial charge in [-0.15, -0.1) is 0 Å². The molecule has 3 N–H and O–H groups in total. The second-order valence-electron chi connectivity index (χ2n) is 5.25. The summed E-state index contributed by atoms with van der Waals surface area (Å²) in [5, 5.41) is 3.24. The van der Waals surface area contributed by atoms with Crippen molar-refractivity contribution in [3.63, 3.8) is 0 Å².